The molecule has 5 nitrogen and oxygen atoms in total. The van der Waals surface area contributed by atoms with Crippen LogP contribution in [0.3, 0.4) is 0 Å². The van der Waals surface area contributed by atoms with E-state index in [0.717, 1.165) is 44.1 Å². The molecular formula is C21H31NaO5S. The predicted octanol–water partition coefficient (Wildman–Crippen LogP) is 1.00. The van der Waals surface area contributed by atoms with E-state index in [0.29, 0.717) is 36.5 Å². The van der Waals surface area contributed by atoms with Crippen LogP contribution in [0.25, 0.3) is 0 Å². The molecule has 28 heavy (non-hydrogen) atoms. The number of hydrogen-bond acceptors (Lipinski definition) is 5. The molecule has 0 radical (unpaired) electrons. The third-order valence-electron chi connectivity index (χ3n) is 8.83. The Hall–Kier alpha value is 0.280. The van der Waals surface area contributed by atoms with E-state index in [1.165, 1.54) is 0 Å². The van der Waals surface area contributed by atoms with Crippen LogP contribution in [0.1, 0.15) is 72.1 Å². The Bertz CT molecular complexity index is 778. The van der Waals surface area contributed by atoms with E-state index < -0.39 is 16.5 Å². The Kier molecular flexibility index (Phi) is 6.36. The van der Waals surface area contributed by atoms with E-state index in [4.69, 9.17) is 4.18 Å². The van der Waals surface area contributed by atoms with Crippen LogP contribution in [0.4, 0.5) is 0 Å². The minimum absolute atomic E-state index is 0. The Morgan fingerprint density at radius 3 is 2.50 bits per heavy atom. The van der Waals surface area contributed by atoms with E-state index >= 15 is 0 Å². The number of fused-ring (bicyclic) bond motifs is 5. The van der Waals surface area contributed by atoms with Gasteiger partial charge in [-0.15, -0.1) is 0 Å². The molecule has 0 bridgehead atoms. The molecule has 0 aromatic heterocycles. The smallest absolute Gasteiger partial charge is 0.726 e. The summed E-state index contributed by atoms with van der Waals surface area (Å²) in [5.41, 5.74) is 1.28. The Morgan fingerprint density at radius 2 is 1.86 bits per heavy atom. The summed E-state index contributed by atoms with van der Waals surface area (Å²) in [6, 6.07) is 0. The van der Waals surface area contributed by atoms with Crippen molar-refractivity contribution >= 4 is 16.2 Å². The predicted molar refractivity (Wildman–Crippen MR) is 100 cm³/mol. The zero-order chi connectivity index (χ0) is 19.6. The number of carbonyl (C=O) groups excluding carboxylic acids is 1. The molecule has 0 spiro atoms. The largest absolute Gasteiger partial charge is 1.00 e. The summed E-state index contributed by atoms with van der Waals surface area (Å²) in [6.45, 7) is 6.38. The monoisotopic (exact) mass is 418 g/mol. The molecule has 0 aliphatic heterocycles. The van der Waals surface area contributed by atoms with Crippen molar-refractivity contribution in [3.05, 3.63) is 11.6 Å². The van der Waals surface area contributed by atoms with Crippen molar-refractivity contribution in [2.75, 3.05) is 0 Å². The zero-order valence-corrected chi connectivity index (χ0v) is 20.4. The van der Waals surface area contributed by atoms with Crippen LogP contribution >= 0.6 is 0 Å². The third kappa shape index (κ3) is 3.71. The molecule has 0 aromatic carbocycles. The number of ketones is 1. The second-order valence-electron chi connectivity index (χ2n) is 9.92. The molecule has 3 saturated carbocycles. The van der Waals surface area contributed by atoms with Crippen LogP contribution in [0.15, 0.2) is 11.6 Å². The maximum absolute atomic E-state index is 12.2. The van der Waals surface area contributed by atoms with Crippen LogP contribution in [-0.4, -0.2) is 24.9 Å². The van der Waals surface area contributed by atoms with Gasteiger partial charge >= 0.3 is 29.6 Å². The van der Waals surface area contributed by atoms with Gasteiger partial charge in [-0.1, -0.05) is 19.9 Å². The molecule has 152 valence electrons. The van der Waals surface area contributed by atoms with Gasteiger partial charge in [0.05, 0.1) is 6.10 Å². The van der Waals surface area contributed by atoms with Gasteiger partial charge < -0.3 is 4.55 Å². The molecule has 0 N–H and O–H groups in total. The van der Waals surface area contributed by atoms with E-state index in [1.54, 1.807) is 6.92 Å². The van der Waals surface area contributed by atoms with Gasteiger partial charge in [0, 0.05) is 0 Å². The van der Waals surface area contributed by atoms with Crippen LogP contribution in [0.2, 0.25) is 0 Å². The van der Waals surface area contributed by atoms with Crippen molar-refractivity contribution in [1.29, 1.82) is 0 Å². The van der Waals surface area contributed by atoms with Gasteiger partial charge in [-0.2, -0.15) is 0 Å². The molecule has 0 aromatic rings. The molecule has 0 unspecified atom stereocenters. The fourth-order valence-electron chi connectivity index (χ4n) is 7.59. The summed E-state index contributed by atoms with van der Waals surface area (Å²) in [5, 5.41) is 0. The van der Waals surface area contributed by atoms with Crippen molar-refractivity contribution in [3.63, 3.8) is 0 Å². The van der Waals surface area contributed by atoms with E-state index in [9.17, 15) is 17.8 Å². The SMILES string of the molecule is CC(=O)C1=CC[C@H]2[C@@H]3CC[C@H]4C[C@@H](OS(=O)(=O)[O-])CC[C@]4(C)[C@H]3CC[C@]12C.[Na+]. The Labute approximate surface area is 191 Å². The van der Waals surface area contributed by atoms with Crippen molar-refractivity contribution in [2.24, 2.45) is 34.5 Å². The maximum atomic E-state index is 12.2. The molecule has 3 fully saturated rings. The average Bonchev–Trinajstić information content (AvgIpc) is 2.91. The van der Waals surface area contributed by atoms with Crippen LogP contribution < -0.4 is 29.6 Å². The molecule has 0 saturated heterocycles. The van der Waals surface area contributed by atoms with Crippen LogP contribution in [0, 0.1) is 34.5 Å². The number of rotatable bonds is 3. The fraction of sp³-hybridized carbons (Fsp3) is 0.857. The molecule has 4 aliphatic carbocycles. The standard InChI is InChI=1S/C21H32O5S.Na/c1-13(22)17-6-7-18-16-5-4-14-12-15(26-27(23,24)25)8-10-20(14,2)19(16)9-11-21(17,18)3;/h6,14-16,18-19H,4-5,7-12H2,1-3H3,(H,23,24,25);/q;+1/p-1/t14-,15-,16-,18-,19-,20-,21+;/m0./s1. The second kappa shape index (κ2) is 7.76. The Balaban J connectivity index is 0.00000225. The van der Waals surface area contributed by atoms with Gasteiger partial charge in [0.15, 0.2) is 5.78 Å². The first-order valence-corrected chi connectivity index (χ1v) is 11.7. The van der Waals surface area contributed by atoms with Gasteiger partial charge in [-0.05, 0) is 98.4 Å². The summed E-state index contributed by atoms with van der Waals surface area (Å²) < 4.78 is 37.8. The van der Waals surface area contributed by atoms with Crippen molar-refractivity contribution < 1.29 is 51.5 Å². The number of carbonyl (C=O) groups is 1. The first-order chi connectivity index (χ1) is 12.5. The van der Waals surface area contributed by atoms with Crippen molar-refractivity contribution in [2.45, 2.75) is 78.2 Å². The van der Waals surface area contributed by atoms with Crippen LogP contribution in [-0.2, 0) is 19.4 Å². The normalized spacial score (nSPS) is 45.1. The summed E-state index contributed by atoms with van der Waals surface area (Å²) in [7, 11) is -4.63. The first kappa shape index (κ1) is 23.0. The number of hydrogen-bond donors (Lipinski definition) is 0. The molecule has 7 heteroatoms. The summed E-state index contributed by atoms with van der Waals surface area (Å²) in [6.07, 6.45) is 9.45. The first-order valence-electron chi connectivity index (χ1n) is 10.4. The number of allylic oxidation sites excluding steroid dienone is 2. The quantitative estimate of drug-likeness (QED) is 0.388. The van der Waals surface area contributed by atoms with Gasteiger partial charge in [0.2, 0.25) is 10.4 Å². The minimum Gasteiger partial charge on any atom is -0.726 e. The fourth-order valence-corrected chi connectivity index (χ4v) is 8.09. The van der Waals surface area contributed by atoms with Crippen molar-refractivity contribution in [3.8, 4) is 0 Å². The summed E-state index contributed by atoms with van der Waals surface area (Å²) in [4.78, 5) is 12.2. The average molecular weight is 419 g/mol. The number of Topliss-reactive ketones (excluding diaryl/α,β-unsaturated/α-hetero) is 1. The molecule has 0 heterocycles. The molecule has 4 aliphatic rings. The van der Waals surface area contributed by atoms with Gasteiger partial charge in [0.25, 0.3) is 0 Å². The van der Waals surface area contributed by atoms with Crippen molar-refractivity contribution in [1.82, 2.24) is 0 Å². The second-order valence-corrected chi connectivity index (χ2v) is 10.9. The molecule has 7 atom stereocenters. The summed E-state index contributed by atoms with van der Waals surface area (Å²) in [5.74, 6) is 2.47. The minimum atomic E-state index is -4.63. The van der Waals surface area contributed by atoms with Crippen LogP contribution in [0.5, 0.6) is 0 Å². The molecule has 4 rings (SSSR count). The molecular weight excluding hydrogens is 387 g/mol. The Morgan fingerprint density at radius 1 is 1.14 bits per heavy atom. The van der Waals surface area contributed by atoms with Gasteiger partial charge in [-0.3, -0.25) is 8.98 Å². The molecule has 0 amide bonds. The van der Waals surface area contributed by atoms with E-state index in [1.807, 2.05) is 0 Å². The maximum Gasteiger partial charge on any atom is 1.00 e. The van der Waals surface area contributed by atoms with E-state index in [2.05, 4.69) is 19.9 Å². The zero-order valence-electron chi connectivity index (χ0n) is 17.6. The summed E-state index contributed by atoms with van der Waals surface area (Å²) >= 11 is 0. The third-order valence-corrected chi connectivity index (χ3v) is 9.34. The van der Waals surface area contributed by atoms with E-state index in [-0.39, 0.29) is 46.2 Å². The topological polar surface area (TPSA) is 83.5 Å². The van der Waals surface area contributed by atoms with Gasteiger partial charge in [-0.25, -0.2) is 8.42 Å². The van der Waals surface area contributed by atoms with Gasteiger partial charge in [0.1, 0.15) is 0 Å².